The van der Waals surface area contributed by atoms with Gasteiger partial charge in [0.2, 0.25) is 11.8 Å². The van der Waals surface area contributed by atoms with Crippen molar-refractivity contribution in [1.29, 1.82) is 0 Å². The number of rotatable bonds is 3. The summed E-state index contributed by atoms with van der Waals surface area (Å²) < 4.78 is 0. The summed E-state index contributed by atoms with van der Waals surface area (Å²) in [5.41, 5.74) is 0. The third-order valence-electron chi connectivity index (χ3n) is 3.80. The van der Waals surface area contributed by atoms with Crippen LogP contribution >= 0.6 is 11.6 Å². The first-order valence-electron chi connectivity index (χ1n) is 6.57. The van der Waals surface area contributed by atoms with Gasteiger partial charge in [0.15, 0.2) is 6.67 Å². The Morgan fingerprint density at radius 2 is 2.10 bits per heavy atom. The lowest BCUT2D eigenvalue weighted by molar-refractivity contribution is -0.361. The highest BCUT2D eigenvalue weighted by molar-refractivity contribution is 6.30. The summed E-state index contributed by atoms with van der Waals surface area (Å²) in [7, 11) is 0. The highest BCUT2D eigenvalue weighted by Crippen LogP contribution is 2.38. The van der Waals surface area contributed by atoms with Gasteiger partial charge in [-0.25, -0.2) is 9.88 Å². The third kappa shape index (κ3) is 2.29. The fraction of sp³-hybridized carbons (Fsp3) is 0.357. The number of halogens is 1. The van der Waals surface area contributed by atoms with E-state index >= 15 is 0 Å². The first-order chi connectivity index (χ1) is 9.66. The molecule has 0 radical (unpaired) electrons. The Kier molecular flexibility index (Phi) is 3.44. The average Bonchev–Trinajstić information content (AvgIpc) is 2.70. The number of H-pyrrole nitrogens is 1. The molecule has 2 N–H and O–H groups in total. The molecule has 2 heterocycles. The first-order valence-corrected chi connectivity index (χ1v) is 6.95. The zero-order valence-corrected chi connectivity index (χ0v) is 11.6. The van der Waals surface area contributed by atoms with Crippen LogP contribution in [0, 0.1) is 11.8 Å². The molecule has 0 unspecified atom stereocenters. The summed E-state index contributed by atoms with van der Waals surface area (Å²) in [6.45, 7) is 0.183. The van der Waals surface area contributed by atoms with Crippen LogP contribution in [-0.4, -0.2) is 23.4 Å². The number of aromatic nitrogens is 1. The van der Waals surface area contributed by atoms with E-state index in [-0.39, 0.29) is 30.3 Å². The molecular weight excluding hydrogens is 278 g/mol. The molecule has 3 rings (SSSR count). The number of pyridine rings is 1. The van der Waals surface area contributed by atoms with Gasteiger partial charge in [-0.2, -0.15) is 0 Å². The molecule has 1 aromatic rings. The molecule has 1 saturated heterocycles. The Bertz CT molecular complexity index is 573. The highest BCUT2D eigenvalue weighted by atomic mass is 35.5. The van der Waals surface area contributed by atoms with Crippen molar-refractivity contribution in [2.24, 2.45) is 11.8 Å². The van der Waals surface area contributed by atoms with Gasteiger partial charge in [-0.3, -0.25) is 14.9 Å². The van der Waals surface area contributed by atoms with E-state index in [1.54, 1.807) is 6.20 Å². The van der Waals surface area contributed by atoms with E-state index in [4.69, 9.17) is 11.6 Å². The fourth-order valence-electron chi connectivity index (χ4n) is 2.72. The number of carbonyl (C=O) groups excluding carboxylic acids is 2. The minimum Gasteiger partial charge on any atom is -0.274 e. The van der Waals surface area contributed by atoms with Gasteiger partial charge in [-0.1, -0.05) is 23.7 Å². The van der Waals surface area contributed by atoms with Crippen LogP contribution in [0.15, 0.2) is 35.5 Å². The van der Waals surface area contributed by atoms with E-state index in [0.717, 1.165) is 5.82 Å². The predicted molar refractivity (Wildman–Crippen MR) is 73.5 cm³/mol. The van der Waals surface area contributed by atoms with E-state index < -0.39 is 0 Å². The van der Waals surface area contributed by atoms with E-state index in [0.29, 0.717) is 17.9 Å². The van der Waals surface area contributed by atoms with Gasteiger partial charge in [0.1, 0.15) is 0 Å². The normalized spacial score (nSPS) is 25.4. The second-order valence-electron chi connectivity index (χ2n) is 5.02. The maximum absolute atomic E-state index is 12.3. The van der Waals surface area contributed by atoms with Crippen LogP contribution in [-0.2, 0) is 9.59 Å². The van der Waals surface area contributed by atoms with Gasteiger partial charge < -0.3 is 0 Å². The Hall–Kier alpha value is -1.88. The highest BCUT2D eigenvalue weighted by Gasteiger charge is 2.48. The smallest absolute Gasteiger partial charge is 0.273 e. The van der Waals surface area contributed by atoms with Gasteiger partial charge in [-0.05, 0) is 18.9 Å². The van der Waals surface area contributed by atoms with E-state index in [1.807, 2.05) is 24.3 Å². The van der Waals surface area contributed by atoms with Crippen LogP contribution in [0.4, 0.5) is 5.82 Å². The van der Waals surface area contributed by atoms with Crippen LogP contribution < -0.4 is 10.3 Å². The quantitative estimate of drug-likeness (QED) is 0.856. The van der Waals surface area contributed by atoms with Crippen molar-refractivity contribution in [2.75, 3.05) is 12.0 Å². The van der Waals surface area contributed by atoms with Crippen LogP contribution in [0.3, 0.4) is 0 Å². The lowest BCUT2D eigenvalue weighted by atomic mass is 9.85. The Balaban J connectivity index is 1.69. The van der Waals surface area contributed by atoms with Gasteiger partial charge in [0, 0.05) is 11.1 Å². The molecule has 0 bridgehead atoms. The number of fused-ring (bicyclic) bond motifs is 1. The summed E-state index contributed by atoms with van der Waals surface area (Å²) in [5.74, 6) is -0.00855. The van der Waals surface area contributed by atoms with Crippen molar-refractivity contribution in [3.63, 3.8) is 0 Å². The second-order valence-corrected chi connectivity index (χ2v) is 5.50. The standard InChI is InChI=1S/C14H14ClN3O2/c15-9-4-5-10-11(7-9)14(20)18(13(10)19)8-17-12-3-1-2-6-16-12/h1-4,6,10-11H,5,7-8H2,(H,16,17)/p+1/t10-,11+/m0/s1. The summed E-state index contributed by atoms with van der Waals surface area (Å²) >= 11 is 5.98. The molecule has 0 aromatic carbocycles. The molecule has 104 valence electrons. The molecule has 2 aliphatic rings. The van der Waals surface area contributed by atoms with Gasteiger partial charge in [0.05, 0.1) is 18.0 Å². The number of likely N-dealkylation sites (tertiary alicyclic amines) is 1. The Labute approximate surface area is 121 Å². The molecule has 20 heavy (non-hydrogen) atoms. The maximum atomic E-state index is 12.3. The topological polar surface area (TPSA) is 63.6 Å². The molecule has 6 heteroatoms. The fourth-order valence-corrected chi connectivity index (χ4v) is 2.97. The number of amides is 2. The zero-order valence-electron chi connectivity index (χ0n) is 10.8. The summed E-state index contributed by atoms with van der Waals surface area (Å²) in [6.07, 6.45) is 4.65. The molecule has 1 aromatic heterocycles. The number of imide groups is 1. The molecule has 1 aliphatic carbocycles. The number of hydrogen-bond acceptors (Lipinski definition) is 3. The van der Waals surface area contributed by atoms with Gasteiger partial charge in [0.25, 0.3) is 5.82 Å². The van der Waals surface area contributed by atoms with Crippen molar-refractivity contribution < 1.29 is 14.6 Å². The van der Waals surface area contributed by atoms with Crippen molar-refractivity contribution in [3.8, 4) is 0 Å². The van der Waals surface area contributed by atoms with E-state index in [9.17, 15) is 9.59 Å². The summed E-state index contributed by atoms with van der Waals surface area (Å²) in [6, 6.07) is 5.58. The summed E-state index contributed by atoms with van der Waals surface area (Å²) in [5, 5.41) is 3.73. The molecule has 1 aliphatic heterocycles. The maximum Gasteiger partial charge on any atom is 0.273 e. The number of allylic oxidation sites excluding steroid dienone is 2. The van der Waals surface area contributed by atoms with Crippen LogP contribution in [0.5, 0.6) is 0 Å². The van der Waals surface area contributed by atoms with Crippen LogP contribution in [0.25, 0.3) is 0 Å². The number of aromatic amines is 1. The minimum absolute atomic E-state index is 0.108. The van der Waals surface area contributed by atoms with Crippen molar-refractivity contribution >= 4 is 29.2 Å². The molecular formula is C14H15ClN3O2+. The van der Waals surface area contributed by atoms with Crippen molar-refractivity contribution in [1.82, 2.24) is 4.90 Å². The van der Waals surface area contributed by atoms with Crippen molar-refractivity contribution in [2.45, 2.75) is 12.8 Å². The van der Waals surface area contributed by atoms with E-state index in [2.05, 4.69) is 10.3 Å². The molecule has 0 spiro atoms. The van der Waals surface area contributed by atoms with E-state index in [1.165, 1.54) is 4.90 Å². The second kappa shape index (κ2) is 5.25. The number of carbonyl (C=O) groups is 2. The molecule has 1 fully saturated rings. The lowest BCUT2D eigenvalue weighted by Gasteiger charge is -2.17. The minimum atomic E-state index is -0.290. The van der Waals surface area contributed by atoms with Crippen LogP contribution in [0.1, 0.15) is 12.8 Å². The number of hydrogen-bond donors (Lipinski definition) is 1. The molecule has 2 amide bonds. The molecule has 0 saturated carbocycles. The number of nitrogens with one attached hydrogen (secondary N) is 2. The monoisotopic (exact) mass is 292 g/mol. The lowest BCUT2D eigenvalue weighted by Crippen LogP contribution is -2.36. The largest absolute Gasteiger partial charge is 0.274 e. The predicted octanol–water partition coefficient (Wildman–Crippen LogP) is 1.39. The van der Waals surface area contributed by atoms with Gasteiger partial charge >= 0.3 is 0 Å². The van der Waals surface area contributed by atoms with Gasteiger partial charge in [-0.15, -0.1) is 0 Å². The zero-order chi connectivity index (χ0) is 14.1. The average molecular weight is 293 g/mol. The van der Waals surface area contributed by atoms with Crippen LogP contribution in [0.2, 0.25) is 0 Å². The SMILES string of the molecule is O=C1[C@H]2CC=C(Cl)C[C@H]2C(=O)N1CNc1cccc[nH+]1. The van der Waals surface area contributed by atoms with Crippen molar-refractivity contribution in [3.05, 3.63) is 35.5 Å². The summed E-state index contributed by atoms with van der Waals surface area (Å²) in [4.78, 5) is 28.8. The Morgan fingerprint density at radius 3 is 2.85 bits per heavy atom. The first kappa shape index (κ1) is 13.1. The number of anilines is 1. The number of nitrogens with zero attached hydrogens (tertiary/aromatic N) is 1. The molecule has 5 nitrogen and oxygen atoms in total. The Morgan fingerprint density at radius 1 is 1.30 bits per heavy atom. The molecule has 2 atom stereocenters. The third-order valence-corrected chi connectivity index (χ3v) is 4.11.